The van der Waals surface area contributed by atoms with Crippen LogP contribution in [0.15, 0.2) is 53.7 Å². The monoisotopic (exact) mass is 543 g/mol. The molecule has 1 aromatic carbocycles. The maximum absolute atomic E-state index is 13.1. The van der Waals surface area contributed by atoms with E-state index in [1.165, 1.54) is 11.3 Å². The fourth-order valence-corrected chi connectivity index (χ4v) is 6.85. The zero-order chi connectivity index (χ0) is 26.4. The summed E-state index contributed by atoms with van der Waals surface area (Å²) in [5.41, 5.74) is 1.24. The van der Waals surface area contributed by atoms with Gasteiger partial charge in [0.2, 0.25) is 10.0 Å². The molecule has 3 N–H and O–H groups in total. The summed E-state index contributed by atoms with van der Waals surface area (Å²) in [5.74, 6) is 0.904. The lowest BCUT2D eigenvalue weighted by Crippen LogP contribution is -2.38. The Morgan fingerprint density at radius 1 is 1.14 bits per heavy atom. The van der Waals surface area contributed by atoms with Crippen LogP contribution in [-0.4, -0.2) is 43.2 Å². The van der Waals surface area contributed by atoms with E-state index < -0.39 is 10.0 Å². The molecule has 2 heterocycles. The van der Waals surface area contributed by atoms with E-state index in [2.05, 4.69) is 25.3 Å². The van der Waals surface area contributed by atoms with Crippen molar-refractivity contribution in [1.82, 2.24) is 20.0 Å². The molecule has 1 aliphatic carbocycles. The molecule has 0 radical (unpaired) electrons. The van der Waals surface area contributed by atoms with Crippen molar-refractivity contribution in [3.05, 3.63) is 53.8 Å². The molecule has 37 heavy (non-hydrogen) atoms. The van der Waals surface area contributed by atoms with Crippen molar-refractivity contribution in [2.24, 2.45) is 0 Å². The molecule has 1 saturated carbocycles. The Morgan fingerprint density at radius 2 is 1.92 bits per heavy atom. The summed E-state index contributed by atoms with van der Waals surface area (Å²) in [6.07, 6.45) is 6.41. The third-order valence-corrected chi connectivity index (χ3v) is 8.85. The molecule has 2 aromatic heterocycles. The number of rotatable bonds is 9. The van der Waals surface area contributed by atoms with Crippen LogP contribution in [0.4, 0.5) is 16.3 Å². The second kappa shape index (κ2) is 12.0. The Hall–Kier alpha value is -3.02. The average molecular weight is 544 g/mol. The molecule has 0 bridgehead atoms. The molecule has 3 aromatic rings. The van der Waals surface area contributed by atoms with Gasteiger partial charge in [0.25, 0.3) is 0 Å². The number of hydrogen-bond donors (Lipinski definition) is 3. The fraction of sp³-hybridized carbons (Fsp3) is 0.423. The topological polar surface area (TPSA) is 122 Å². The van der Waals surface area contributed by atoms with Gasteiger partial charge in [0.1, 0.15) is 5.82 Å². The Balaban J connectivity index is 1.52. The van der Waals surface area contributed by atoms with Crippen molar-refractivity contribution in [2.75, 3.05) is 11.9 Å². The Bertz CT molecular complexity index is 1300. The van der Waals surface area contributed by atoms with Gasteiger partial charge in [-0.1, -0.05) is 19.1 Å². The summed E-state index contributed by atoms with van der Waals surface area (Å²) in [7, 11) is -3.73. The quantitative estimate of drug-likeness (QED) is 0.330. The molecule has 9 nitrogen and oxygen atoms in total. The van der Waals surface area contributed by atoms with Crippen molar-refractivity contribution in [3.63, 3.8) is 0 Å². The summed E-state index contributed by atoms with van der Waals surface area (Å²) in [4.78, 5) is 21.8. The second-order valence-corrected chi connectivity index (χ2v) is 12.1. The van der Waals surface area contributed by atoms with Crippen LogP contribution < -0.4 is 15.4 Å². The van der Waals surface area contributed by atoms with Gasteiger partial charge in [0.05, 0.1) is 20.9 Å². The van der Waals surface area contributed by atoms with Crippen molar-refractivity contribution < 1.29 is 17.9 Å². The highest BCUT2D eigenvalue weighted by molar-refractivity contribution is 7.89. The van der Waals surface area contributed by atoms with E-state index in [4.69, 9.17) is 4.74 Å². The lowest BCUT2D eigenvalue weighted by atomic mass is 9.86. The number of aromatic nitrogens is 2. The Morgan fingerprint density at radius 3 is 2.59 bits per heavy atom. The number of hydrogen-bond acceptors (Lipinski definition) is 8. The predicted molar refractivity (Wildman–Crippen MR) is 146 cm³/mol. The van der Waals surface area contributed by atoms with Crippen molar-refractivity contribution in [2.45, 2.75) is 69.4 Å². The maximum Gasteiger partial charge on any atom is 0.407 e. The molecule has 1 amide bonds. The van der Waals surface area contributed by atoms with Crippen molar-refractivity contribution in [3.8, 4) is 10.4 Å². The number of pyridine rings is 1. The average Bonchev–Trinajstić information content (AvgIpc) is 3.35. The summed E-state index contributed by atoms with van der Waals surface area (Å²) in [5, 5.41) is 7.10. The van der Waals surface area contributed by atoms with Gasteiger partial charge in [-0.2, -0.15) is 0 Å². The number of carbonyl (C=O) groups excluding carboxylic acids is 1. The standard InChI is InChI=1S/C26H33N5O4S2/c1-4-29-37(33,34)23-15-20(30-24-7-5-6-14-27-24)12-13-21(23)22-16-28-25(36-22)18-8-10-19(11-9-18)31-26(32)35-17(2)3/h5-7,12-19,29H,4,8-11H2,1-3H3,(H,27,30)(H,31,32)/t18-,19-. The largest absolute Gasteiger partial charge is 0.447 e. The lowest BCUT2D eigenvalue weighted by molar-refractivity contribution is 0.109. The van der Waals surface area contributed by atoms with Crippen LogP contribution in [0.2, 0.25) is 0 Å². The van der Waals surface area contributed by atoms with Crippen LogP contribution in [0.25, 0.3) is 10.4 Å². The normalized spacial score (nSPS) is 17.9. The number of alkyl carbamates (subject to hydrolysis) is 1. The minimum Gasteiger partial charge on any atom is -0.447 e. The first-order valence-electron chi connectivity index (χ1n) is 12.5. The molecule has 0 spiro atoms. The van der Waals surface area contributed by atoms with Gasteiger partial charge in [-0.25, -0.2) is 27.9 Å². The number of sulfonamides is 1. The van der Waals surface area contributed by atoms with E-state index in [1.807, 2.05) is 44.2 Å². The van der Waals surface area contributed by atoms with Crippen LogP contribution in [0, 0.1) is 0 Å². The summed E-state index contributed by atoms with van der Waals surface area (Å²) in [6.45, 7) is 5.70. The van der Waals surface area contributed by atoms with Gasteiger partial charge in [-0.15, -0.1) is 11.3 Å². The van der Waals surface area contributed by atoms with Gasteiger partial charge in [0.15, 0.2) is 0 Å². The number of carbonyl (C=O) groups is 1. The van der Waals surface area contributed by atoms with Gasteiger partial charge in [0, 0.05) is 42.1 Å². The molecule has 198 valence electrons. The first kappa shape index (κ1) is 27.0. The highest BCUT2D eigenvalue weighted by Gasteiger charge is 2.27. The molecular weight excluding hydrogens is 510 g/mol. The number of amides is 1. The van der Waals surface area contributed by atoms with Gasteiger partial charge < -0.3 is 15.4 Å². The lowest BCUT2D eigenvalue weighted by Gasteiger charge is -2.28. The number of anilines is 2. The Labute approximate surface area is 222 Å². The molecule has 0 aliphatic heterocycles. The maximum atomic E-state index is 13.1. The molecule has 1 fully saturated rings. The second-order valence-electron chi connectivity index (χ2n) is 9.26. The summed E-state index contributed by atoms with van der Waals surface area (Å²) >= 11 is 1.53. The fourth-order valence-electron chi connectivity index (χ4n) is 4.38. The minimum atomic E-state index is -3.73. The molecule has 1 aliphatic rings. The van der Waals surface area contributed by atoms with E-state index >= 15 is 0 Å². The van der Waals surface area contributed by atoms with E-state index in [-0.39, 0.29) is 35.6 Å². The van der Waals surface area contributed by atoms with E-state index in [9.17, 15) is 13.2 Å². The third kappa shape index (κ3) is 7.06. The number of benzene rings is 1. The number of ether oxygens (including phenoxy) is 1. The number of nitrogens with one attached hydrogen (secondary N) is 3. The van der Waals surface area contributed by atoms with E-state index in [0.29, 0.717) is 17.1 Å². The van der Waals surface area contributed by atoms with Gasteiger partial charge >= 0.3 is 6.09 Å². The summed E-state index contributed by atoms with van der Waals surface area (Å²) < 4.78 is 34.0. The smallest absolute Gasteiger partial charge is 0.407 e. The van der Waals surface area contributed by atoms with Crippen LogP contribution in [0.3, 0.4) is 0 Å². The van der Waals surface area contributed by atoms with E-state index in [1.54, 1.807) is 25.4 Å². The predicted octanol–water partition coefficient (Wildman–Crippen LogP) is 5.41. The molecule has 11 heteroatoms. The van der Waals surface area contributed by atoms with Gasteiger partial charge in [-0.3, -0.25) is 0 Å². The zero-order valence-electron chi connectivity index (χ0n) is 21.2. The molecule has 0 atom stereocenters. The first-order chi connectivity index (χ1) is 17.7. The molecule has 0 saturated heterocycles. The SMILES string of the molecule is CCNS(=O)(=O)c1cc(Nc2ccccn2)ccc1-c1cnc([C@H]2CC[C@H](NC(=O)OC(C)C)CC2)s1. The highest BCUT2D eigenvalue weighted by atomic mass is 32.2. The van der Waals surface area contributed by atoms with Crippen LogP contribution in [-0.2, 0) is 14.8 Å². The number of nitrogens with zero attached hydrogens (tertiary/aromatic N) is 2. The van der Waals surface area contributed by atoms with Gasteiger partial charge in [-0.05, 0) is 63.8 Å². The van der Waals surface area contributed by atoms with E-state index in [0.717, 1.165) is 35.6 Å². The minimum absolute atomic E-state index is 0.0953. The van der Waals surface area contributed by atoms with Crippen LogP contribution >= 0.6 is 11.3 Å². The molecule has 4 rings (SSSR count). The van der Waals surface area contributed by atoms with Crippen molar-refractivity contribution >= 4 is 39.0 Å². The Kier molecular flexibility index (Phi) is 8.78. The molecule has 0 unspecified atom stereocenters. The molecular formula is C26H33N5O4S2. The highest BCUT2D eigenvalue weighted by Crippen LogP contribution is 2.40. The first-order valence-corrected chi connectivity index (χ1v) is 14.8. The summed E-state index contributed by atoms with van der Waals surface area (Å²) in [6, 6.07) is 10.9. The van der Waals surface area contributed by atoms with Crippen LogP contribution in [0.5, 0.6) is 0 Å². The zero-order valence-corrected chi connectivity index (χ0v) is 22.9. The third-order valence-electron chi connectivity index (χ3n) is 6.07. The van der Waals surface area contributed by atoms with Crippen molar-refractivity contribution in [1.29, 1.82) is 0 Å². The van der Waals surface area contributed by atoms with Crippen LogP contribution in [0.1, 0.15) is 57.4 Å². The number of thiazole rings is 1.